The van der Waals surface area contributed by atoms with Gasteiger partial charge in [0, 0.05) is 19.1 Å². The average molecular weight is 293 g/mol. The highest BCUT2D eigenvalue weighted by Crippen LogP contribution is 2.27. The van der Waals surface area contributed by atoms with Gasteiger partial charge in [0.2, 0.25) is 5.52 Å². The van der Waals surface area contributed by atoms with E-state index in [1.165, 1.54) is 0 Å². The van der Waals surface area contributed by atoms with E-state index in [1.54, 1.807) is 18.2 Å². The molecule has 0 fully saturated rings. The van der Waals surface area contributed by atoms with Gasteiger partial charge in [-0.15, -0.1) is 0 Å². The van der Waals surface area contributed by atoms with Gasteiger partial charge in [-0.3, -0.25) is 0 Å². The molecule has 1 heterocycles. The van der Waals surface area contributed by atoms with E-state index in [-0.39, 0.29) is 5.56 Å². The van der Waals surface area contributed by atoms with Crippen LogP contribution >= 0.6 is 0 Å². The summed E-state index contributed by atoms with van der Waals surface area (Å²) in [6.45, 7) is 4.02. The van der Waals surface area contributed by atoms with Crippen molar-refractivity contribution in [3.8, 4) is 0 Å². The lowest BCUT2D eigenvalue weighted by molar-refractivity contribution is -0.354. The highest BCUT2D eigenvalue weighted by atomic mass is 16.4. The Morgan fingerprint density at radius 1 is 1.05 bits per heavy atom. The molecule has 0 atom stereocenters. The highest BCUT2D eigenvalue weighted by Gasteiger charge is 2.13. The van der Waals surface area contributed by atoms with Crippen LogP contribution in [0.1, 0.15) is 21.6 Å². The van der Waals surface area contributed by atoms with E-state index in [2.05, 4.69) is 16.4 Å². The maximum Gasteiger partial charge on any atom is 0.337 e. The summed E-state index contributed by atoms with van der Waals surface area (Å²) in [6, 6.07) is 15.1. The fraction of sp³-hybridized carbons (Fsp3) is 0.111. The third-order valence-corrected chi connectivity index (χ3v) is 3.58. The zero-order valence-electron chi connectivity index (χ0n) is 12.5. The number of anilines is 2. The molecule has 4 nitrogen and oxygen atoms in total. The summed E-state index contributed by atoms with van der Waals surface area (Å²) in [5.74, 6) is -0.942. The number of carboxylic acid groups (broad SMARTS) is 1. The molecule has 4 heteroatoms. The molecule has 0 saturated heterocycles. The van der Waals surface area contributed by atoms with E-state index in [0.29, 0.717) is 5.69 Å². The van der Waals surface area contributed by atoms with Gasteiger partial charge in [-0.1, -0.05) is 18.2 Å². The maximum atomic E-state index is 11.4. The fourth-order valence-corrected chi connectivity index (χ4v) is 2.56. The second-order valence-electron chi connectivity index (χ2n) is 5.39. The molecule has 3 rings (SSSR count). The summed E-state index contributed by atoms with van der Waals surface area (Å²) >= 11 is 0. The first-order valence-electron chi connectivity index (χ1n) is 7.07. The number of aromatic amines is 1. The molecule has 0 aliphatic carbocycles. The van der Waals surface area contributed by atoms with Crippen LogP contribution in [0, 0.1) is 13.8 Å². The molecule has 0 unspecified atom stereocenters. The summed E-state index contributed by atoms with van der Waals surface area (Å²) in [4.78, 5) is 14.7. The number of carboxylic acids is 1. The van der Waals surface area contributed by atoms with E-state index in [1.807, 2.05) is 38.1 Å². The minimum absolute atomic E-state index is 0.258. The molecule has 0 aliphatic rings. The van der Waals surface area contributed by atoms with Crippen molar-refractivity contribution >= 4 is 28.2 Å². The van der Waals surface area contributed by atoms with Gasteiger partial charge in [0.25, 0.3) is 0 Å². The predicted octanol–water partition coefficient (Wildman–Crippen LogP) is 3.71. The first-order valence-corrected chi connectivity index (χ1v) is 7.07. The lowest BCUT2D eigenvalue weighted by atomic mass is 10.1. The Labute approximate surface area is 128 Å². The fourth-order valence-electron chi connectivity index (χ4n) is 2.56. The number of H-pyrrole nitrogens is 1. The Kier molecular flexibility index (Phi) is 3.51. The summed E-state index contributed by atoms with van der Waals surface area (Å²) in [6.07, 6.45) is 0. The van der Waals surface area contributed by atoms with Gasteiger partial charge in [0.15, 0.2) is 5.69 Å². The number of carbonyl (C=O) groups is 1. The van der Waals surface area contributed by atoms with E-state index in [9.17, 15) is 9.90 Å². The van der Waals surface area contributed by atoms with Crippen molar-refractivity contribution in [2.45, 2.75) is 13.8 Å². The third-order valence-electron chi connectivity index (χ3n) is 3.58. The number of nitrogens with one attached hydrogen (secondary N) is 2. The van der Waals surface area contributed by atoms with Gasteiger partial charge in [-0.05, 0) is 30.7 Å². The number of aryl methyl sites for hydroxylation is 2. The number of benzene rings is 2. The van der Waals surface area contributed by atoms with Crippen LogP contribution in [-0.2, 0) is 0 Å². The lowest BCUT2D eigenvalue weighted by Gasteiger charge is -2.11. The van der Waals surface area contributed by atoms with Gasteiger partial charge in [0.1, 0.15) is 0 Å². The van der Waals surface area contributed by atoms with E-state index >= 15 is 0 Å². The van der Waals surface area contributed by atoms with Crippen LogP contribution < -0.4 is 10.3 Å². The topological polar surface area (TPSA) is 63.5 Å². The highest BCUT2D eigenvalue weighted by molar-refractivity contribution is 5.98. The standard InChI is InChI=1S/C18H16N2O2/c1-11-7-8-16-14(9-11)17(10-12(2)19-16)20-15-6-4-3-5-13(15)18(21)22/h3-10H,1-2H3,(H,19,20)(H,21,22)/p+1. The van der Waals surface area contributed by atoms with Crippen LogP contribution in [0.2, 0.25) is 0 Å². The first-order chi connectivity index (χ1) is 10.5. The Morgan fingerprint density at radius 2 is 1.82 bits per heavy atom. The minimum Gasteiger partial charge on any atom is -0.478 e. The summed E-state index contributed by atoms with van der Waals surface area (Å²) in [5.41, 5.74) is 4.91. The summed E-state index contributed by atoms with van der Waals surface area (Å²) in [5, 5.41) is 13.6. The number of rotatable bonds is 3. The molecule has 0 amide bonds. The van der Waals surface area contributed by atoms with E-state index < -0.39 is 5.97 Å². The first kappa shape index (κ1) is 14.1. The van der Waals surface area contributed by atoms with Crippen molar-refractivity contribution in [3.63, 3.8) is 0 Å². The number of para-hydroxylation sites is 1. The number of hydrogen-bond acceptors (Lipinski definition) is 2. The van der Waals surface area contributed by atoms with Crippen molar-refractivity contribution in [2.24, 2.45) is 0 Å². The van der Waals surface area contributed by atoms with Crippen molar-refractivity contribution in [1.29, 1.82) is 0 Å². The van der Waals surface area contributed by atoms with Crippen molar-refractivity contribution in [3.05, 3.63) is 65.4 Å². The molecule has 1 aromatic heterocycles. The SMILES string of the molecule is Cc1ccc2[nH+]c(C)cc(Nc3ccccc3C(=O)O)c2c1. The molecule has 2 aromatic carbocycles. The quantitative estimate of drug-likeness (QED) is 0.773. The van der Waals surface area contributed by atoms with Crippen LogP contribution in [0.15, 0.2) is 48.5 Å². The Bertz CT molecular complexity index is 872. The number of aromatic nitrogens is 1. The van der Waals surface area contributed by atoms with Crippen LogP contribution in [0.25, 0.3) is 10.9 Å². The smallest absolute Gasteiger partial charge is 0.337 e. The molecule has 22 heavy (non-hydrogen) atoms. The maximum absolute atomic E-state index is 11.4. The van der Waals surface area contributed by atoms with Crippen LogP contribution in [-0.4, -0.2) is 11.1 Å². The largest absolute Gasteiger partial charge is 0.478 e. The Morgan fingerprint density at radius 3 is 2.59 bits per heavy atom. The van der Waals surface area contributed by atoms with Crippen molar-refractivity contribution in [2.75, 3.05) is 5.32 Å². The molecule has 3 aromatic rings. The van der Waals surface area contributed by atoms with Gasteiger partial charge >= 0.3 is 5.97 Å². The van der Waals surface area contributed by atoms with Crippen LogP contribution in [0.5, 0.6) is 0 Å². The van der Waals surface area contributed by atoms with Crippen molar-refractivity contribution < 1.29 is 14.9 Å². The molecular formula is C18H17N2O2+. The molecule has 110 valence electrons. The summed E-state index contributed by atoms with van der Waals surface area (Å²) < 4.78 is 0. The van der Waals surface area contributed by atoms with Gasteiger partial charge in [-0.25, -0.2) is 9.78 Å². The predicted molar refractivity (Wildman–Crippen MR) is 86.7 cm³/mol. The lowest BCUT2D eigenvalue weighted by Crippen LogP contribution is -2.10. The molecule has 3 N–H and O–H groups in total. The molecule has 0 aliphatic heterocycles. The van der Waals surface area contributed by atoms with Gasteiger partial charge < -0.3 is 10.4 Å². The monoisotopic (exact) mass is 293 g/mol. The minimum atomic E-state index is -0.942. The number of hydrogen-bond donors (Lipinski definition) is 2. The van der Waals surface area contributed by atoms with Crippen LogP contribution in [0.3, 0.4) is 0 Å². The average Bonchev–Trinajstić information content (AvgIpc) is 2.48. The van der Waals surface area contributed by atoms with Crippen LogP contribution in [0.4, 0.5) is 11.4 Å². The molecule has 0 spiro atoms. The number of fused-ring (bicyclic) bond motifs is 1. The second kappa shape index (κ2) is 5.48. The number of pyridine rings is 1. The Hall–Kier alpha value is -2.88. The molecular weight excluding hydrogens is 276 g/mol. The normalized spacial score (nSPS) is 10.6. The van der Waals surface area contributed by atoms with Crippen molar-refractivity contribution in [1.82, 2.24) is 0 Å². The van der Waals surface area contributed by atoms with E-state index in [0.717, 1.165) is 27.8 Å². The van der Waals surface area contributed by atoms with E-state index in [4.69, 9.17) is 0 Å². The van der Waals surface area contributed by atoms with Gasteiger partial charge in [0.05, 0.1) is 22.3 Å². The zero-order chi connectivity index (χ0) is 15.7. The molecule has 0 radical (unpaired) electrons. The third kappa shape index (κ3) is 2.63. The Balaban J connectivity index is 2.15. The summed E-state index contributed by atoms with van der Waals surface area (Å²) in [7, 11) is 0. The van der Waals surface area contributed by atoms with Gasteiger partial charge in [-0.2, -0.15) is 0 Å². The zero-order valence-corrected chi connectivity index (χ0v) is 12.5. The number of aromatic carboxylic acids is 1. The molecule has 0 bridgehead atoms. The second-order valence-corrected chi connectivity index (χ2v) is 5.39. The molecule has 0 saturated carbocycles.